The summed E-state index contributed by atoms with van der Waals surface area (Å²) in [6.45, 7) is 3.75. The van der Waals surface area contributed by atoms with Crippen LogP contribution in [0.25, 0.3) is 0 Å². The lowest BCUT2D eigenvalue weighted by atomic mass is 10.1. The second-order valence-corrected chi connectivity index (χ2v) is 9.67. The van der Waals surface area contributed by atoms with Gasteiger partial charge in [0.1, 0.15) is 0 Å². The maximum Gasteiger partial charge on any atom is 0.328 e. The minimum absolute atomic E-state index is 0.0588. The smallest absolute Gasteiger partial charge is 0.328 e. The Kier molecular flexibility index (Phi) is 8.14. The summed E-state index contributed by atoms with van der Waals surface area (Å²) < 4.78 is 26.7. The summed E-state index contributed by atoms with van der Waals surface area (Å²) in [7, 11) is -3.94. The largest absolute Gasteiger partial charge is 0.337 e. The number of carbonyl (C=O) groups is 2. The molecule has 0 unspecified atom stereocenters. The highest BCUT2D eigenvalue weighted by atomic mass is 35.5. The highest BCUT2D eigenvalue weighted by Gasteiger charge is 2.19. The van der Waals surface area contributed by atoms with E-state index in [-0.39, 0.29) is 17.5 Å². The first-order chi connectivity index (χ1) is 16.1. The Balaban J connectivity index is 1.45. The van der Waals surface area contributed by atoms with E-state index in [2.05, 4.69) is 16.0 Å². The van der Waals surface area contributed by atoms with Crippen LogP contribution in [0.3, 0.4) is 0 Å². The predicted molar refractivity (Wildman–Crippen MR) is 134 cm³/mol. The minimum Gasteiger partial charge on any atom is -0.337 e. The van der Waals surface area contributed by atoms with E-state index >= 15 is 0 Å². The second kappa shape index (κ2) is 11.0. The maximum absolute atomic E-state index is 12.4. The van der Waals surface area contributed by atoms with Crippen molar-refractivity contribution in [2.45, 2.75) is 25.2 Å². The summed E-state index contributed by atoms with van der Waals surface area (Å²) in [5.74, 6) is 0. The Morgan fingerprint density at radius 3 is 2.15 bits per heavy atom. The van der Waals surface area contributed by atoms with Gasteiger partial charge >= 0.3 is 12.1 Å². The molecule has 0 aromatic heterocycles. The van der Waals surface area contributed by atoms with Crippen molar-refractivity contribution in [3.63, 3.8) is 0 Å². The normalized spacial score (nSPS) is 10.9. The second-order valence-electron chi connectivity index (χ2n) is 7.62. The van der Waals surface area contributed by atoms with E-state index in [0.717, 1.165) is 11.1 Å². The van der Waals surface area contributed by atoms with Crippen LogP contribution in [0.15, 0.2) is 71.6 Å². The number of urea groups is 2. The molecular formula is C24H25ClN4O4S. The van der Waals surface area contributed by atoms with Gasteiger partial charge in [-0.05, 0) is 73.4 Å². The van der Waals surface area contributed by atoms with Gasteiger partial charge in [-0.1, -0.05) is 41.9 Å². The number of carbonyl (C=O) groups excluding carboxylic acids is 2. The summed E-state index contributed by atoms with van der Waals surface area (Å²) in [6, 6.07) is 17.6. The molecule has 0 heterocycles. The van der Waals surface area contributed by atoms with Crippen LogP contribution in [0.5, 0.6) is 0 Å². The molecule has 3 aromatic rings. The molecule has 178 valence electrons. The minimum atomic E-state index is -3.94. The fourth-order valence-electron chi connectivity index (χ4n) is 3.16. The average molecular weight is 501 g/mol. The van der Waals surface area contributed by atoms with Crippen molar-refractivity contribution < 1.29 is 18.0 Å². The molecule has 3 rings (SSSR count). The van der Waals surface area contributed by atoms with Crippen LogP contribution in [0.1, 0.15) is 16.7 Å². The summed E-state index contributed by atoms with van der Waals surface area (Å²) >= 11 is 5.99. The summed E-state index contributed by atoms with van der Waals surface area (Å²) in [5, 5.41) is 8.65. The zero-order valence-electron chi connectivity index (χ0n) is 18.7. The predicted octanol–water partition coefficient (Wildman–Crippen LogP) is 4.83. The van der Waals surface area contributed by atoms with Gasteiger partial charge in [0.15, 0.2) is 0 Å². The number of benzene rings is 3. The number of rotatable bonds is 7. The molecule has 0 radical (unpaired) electrons. The van der Waals surface area contributed by atoms with Gasteiger partial charge < -0.3 is 16.0 Å². The highest BCUT2D eigenvalue weighted by Crippen LogP contribution is 2.20. The summed E-state index contributed by atoms with van der Waals surface area (Å²) in [6.07, 6.45) is 0.481. The van der Waals surface area contributed by atoms with Crippen molar-refractivity contribution in [1.82, 2.24) is 10.0 Å². The molecule has 0 aliphatic rings. The molecule has 0 saturated heterocycles. The third-order valence-electron chi connectivity index (χ3n) is 4.94. The van der Waals surface area contributed by atoms with E-state index in [9.17, 15) is 18.0 Å². The Morgan fingerprint density at radius 1 is 0.824 bits per heavy atom. The lowest BCUT2D eigenvalue weighted by Crippen LogP contribution is -2.40. The Bertz CT molecular complexity index is 1290. The van der Waals surface area contributed by atoms with Gasteiger partial charge in [0.05, 0.1) is 4.90 Å². The molecule has 4 N–H and O–H groups in total. The van der Waals surface area contributed by atoms with Crippen LogP contribution < -0.4 is 20.7 Å². The standard InChI is InChI=1S/C24H25ClN4O4S/c1-16-5-3-4-6-22(16)34(32,33)29-23(30)26-14-13-18-7-9-19(10-8-18)27-24(31)28-20-11-12-21(25)17(2)15-20/h3-12,15H,13-14H2,1-2H3,(H2,26,29,30)(H2,27,28,31). The highest BCUT2D eigenvalue weighted by molar-refractivity contribution is 7.90. The lowest BCUT2D eigenvalue weighted by molar-refractivity contribution is 0.246. The van der Waals surface area contributed by atoms with Gasteiger partial charge in [0, 0.05) is 22.9 Å². The molecule has 0 spiro atoms. The molecule has 0 bridgehead atoms. The molecule has 4 amide bonds. The van der Waals surface area contributed by atoms with Crippen LogP contribution in [0.2, 0.25) is 5.02 Å². The first-order valence-electron chi connectivity index (χ1n) is 10.4. The topological polar surface area (TPSA) is 116 Å². The monoisotopic (exact) mass is 500 g/mol. The molecule has 0 atom stereocenters. The molecule has 0 saturated carbocycles. The number of anilines is 2. The van der Waals surface area contributed by atoms with Crippen LogP contribution >= 0.6 is 11.6 Å². The Labute approximate surface area is 203 Å². The first kappa shape index (κ1) is 25.1. The van der Waals surface area contributed by atoms with E-state index in [1.54, 1.807) is 55.5 Å². The Hall–Kier alpha value is -3.56. The van der Waals surface area contributed by atoms with E-state index in [4.69, 9.17) is 11.6 Å². The third-order valence-corrected chi connectivity index (χ3v) is 6.85. The summed E-state index contributed by atoms with van der Waals surface area (Å²) in [4.78, 5) is 24.3. The lowest BCUT2D eigenvalue weighted by Gasteiger charge is -2.11. The SMILES string of the molecule is Cc1cc(NC(=O)Nc2ccc(CCNC(=O)NS(=O)(=O)c3ccccc3C)cc2)ccc1Cl. The molecule has 8 nitrogen and oxygen atoms in total. The van der Waals surface area contributed by atoms with Crippen molar-refractivity contribution in [3.05, 3.63) is 88.4 Å². The number of halogens is 1. The number of amides is 4. The number of hydrogen-bond donors (Lipinski definition) is 4. The zero-order chi connectivity index (χ0) is 24.7. The molecule has 34 heavy (non-hydrogen) atoms. The van der Waals surface area contributed by atoms with Gasteiger partial charge in [0.25, 0.3) is 10.0 Å². The van der Waals surface area contributed by atoms with Crippen LogP contribution in [0, 0.1) is 13.8 Å². The number of nitrogens with one attached hydrogen (secondary N) is 4. The molecular weight excluding hydrogens is 476 g/mol. The molecule has 0 aliphatic heterocycles. The van der Waals surface area contributed by atoms with Crippen molar-refractivity contribution in [1.29, 1.82) is 0 Å². The molecule has 3 aromatic carbocycles. The van der Waals surface area contributed by atoms with Gasteiger partial charge in [-0.25, -0.2) is 22.7 Å². The molecule has 10 heteroatoms. The number of hydrogen-bond acceptors (Lipinski definition) is 4. The molecule has 0 aliphatic carbocycles. The maximum atomic E-state index is 12.4. The van der Waals surface area contributed by atoms with Crippen molar-refractivity contribution >= 4 is 45.1 Å². The van der Waals surface area contributed by atoms with Crippen molar-refractivity contribution in [3.8, 4) is 0 Å². The van der Waals surface area contributed by atoms with E-state index in [0.29, 0.717) is 28.4 Å². The van der Waals surface area contributed by atoms with Gasteiger partial charge in [-0.15, -0.1) is 0 Å². The van der Waals surface area contributed by atoms with E-state index in [1.165, 1.54) is 6.07 Å². The fraction of sp³-hybridized carbons (Fsp3) is 0.167. The van der Waals surface area contributed by atoms with Crippen LogP contribution in [0.4, 0.5) is 21.0 Å². The van der Waals surface area contributed by atoms with E-state index < -0.39 is 16.1 Å². The van der Waals surface area contributed by atoms with Gasteiger partial charge in [0.2, 0.25) is 0 Å². The third kappa shape index (κ3) is 6.97. The number of aryl methyl sites for hydroxylation is 2. The number of sulfonamides is 1. The van der Waals surface area contributed by atoms with E-state index in [1.807, 2.05) is 23.8 Å². The van der Waals surface area contributed by atoms with Crippen molar-refractivity contribution in [2.24, 2.45) is 0 Å². The van der Waals surface area contributed by atoms with Gasteiger partial charge in [-0.3, -0.25) is 0 Å². The first-order valence-corrected chi connectivity index (χ1v) is 12.3. The van der Waals surface area contributed by atoms with Crippen molar-refractivity contribution in [2.75, 3.05) is 17.2 Å². The van der Waals surface area contributed by atoms with Crippen LogP contribution in [-0.2, 0) is 16.4 Å². The molecule has 0 fully saturated rings. The fourth-order valence-corrected chi connectivity index (χ4v) is 4.46. The average Bonchev–Trinajstić information content (AvgIpc) is 2.77. The summed E-state index contributed by atoms with van der Waals surface area (Å²) in [5.41, 5.74) is 3.54. The Morgan fingerprint density at radius 2 is 1.47 bits per heavy atom. The van der Waals surface area contributed by atoms with Gasteiger partial charge in [-0.2, -0.15) is 0 Å². The zero-order valence-corrected chi connectivity index (χ0v) is 20.3. The van der Waals surface area contributed by atoms with Crippen LogP contribution in [-0.4, -0.2) is 27.0 Å². The quantitative estimate of drug-likeness (QED) is 0.371.